The number of carbonyl (C=O) groups is 1. The van der Waals surface area contributed by atoms with E-state index in [0.717, 1.165) is 25.7 Å². The van der Waals surface area contributed by atoms with Crippen LogP contribution in [0.4, 0.5) is 0 Å². The van der Waals surface area contributed by atoms with Crippen molar-refractivity contribution in [1.82, 2.24) is 0 Å². The van der Waals surface area contributed by atoms with E-state index in [-0.39, 0.29) is 5.41 Å². The standard InChI is InChI=1S/C19H25NO2/c1-19-7-6-15-14-5-3-13(21)8-11(14)2-4-16(15)18(19)12(10-20)9-17(19)22/h3,5,8,12,15-16,18,21H,2,4,6-7,9-10,20H2,1H3/t12-,15-,16-,18+,19-/m1/s1. The fraction of sp³-hybridized carbons (Fsp3) is 0.632. The maximum absolute atomic E-state index is 12.6. The Bertz CT molecular complexity index is 626. The van der Waals surface area contributed by atoms with Gasteiger partial charge in [-0.05, 0) is 79.2 Å². The van der Waals surface area contributed by atoms with Gasteiger partial charge in [0.25, 0.3) is 0 Å². The van der Waals surface area contributed by atoms with Crippen LogP contribution in [0, 0.1) is 23.2 Å². The van der Waals surface area contributed by atoms with Crippen molar-refractivity contribution in [1.29, 1.82) is 0 Å². The number of aromatic hydroxyl groups is 1. The van der Waals surface area contributed by atoms with Crippen LogP contribution in [0.3, 0.4) is 0 Å². The monoisotopic (exact) mass is 299 g/mol. The zero-order valence-corrected chi connectivity index (χ0v) is 13.2. The molecule has 0 radical (unpaired) electrons. The van der Waals surface area contributed by atoms with E-state index in [1.165, 1.54) is 11.1 Å². The van der Waals surface area contributed by atoms with E-state index in [0.29, 0.717) is 48.2 Å². The van der Waals surface area contributed by atoms with Crippen LogP contribution in [-0.4, -0.2) is 17.4 Å². The molecule has 0 unspecified atom stereocenters. The molecular formula is C19H25NO2. The third-order valence-electron chi connectivity index (χ3n) is 6.86. The molecule has 2 fully saturated rings. The van der Waals surface area contributed by atoms with Gasteiger partial charge in [-0.15, -0.1) is 0 Å². The molecule has 2 saturated carbocycles. The number of aryl methyl sites for hydroxylation is 1. The van der Waals surface area contributed by atoms with Crippen LogP contribution in [-0.2, 0) is 11.2 Å². The van der Waals surface area contributed by atoms with Crippen molar-refractivity contribution in [3.05, 3.63) is 29.3 Å². The fourth-order valence-electron chi connectivity index (χ4n) is 5.84. The minimum absolute atomic E-state index is 0.139. The summed E-state index contributed by atoms with van der Waals surface area (Å²) >= 11 is 0. The predicted molar refractivity (Wildman–Crippen MR) is 85.7 cm³/mol. The number of hydrogen-bond donors (Lipinski definition) is 2. The summed E-state index contributed by atoms with van der Waals surface area (Å²) in [5.41, 5.74) is 8.59. The van der Waals surface area contributed by atoms with Gasteiger partial charge in [0.1, 0.15) is 11.5 Å². The largest absolute Gasteiger partial charge is 0.508 e. The molecule has 3 aliphatic rings. The van der Waals surface area contributed by atoms with Crippen LogP contribution in [0.15, 0.2) is 18.2 Å². The van der Waals surface area contributed by atoms with Gasteiger partial charge in [0.2, 0.25) is 0 Å². The molecule has 22 heavy (non-hydrogen) atoms. The highest BCUT2D eigenvalue weighted by Gasteiger charge is 2.58. The van der Waals surface area contributed by atoms with Gasteiger partial charge in [-0.25, -0.2) is 0 Å². The quantitative estimate of drug-likeness (QED) is 0.838. The van der Waals surface area contributed by atoms with E-state index in [1.54, 1.807) is 0 Å². The van der Waals surface area contributed by atoms with Crippen LogP contribution in [0.1, 0.15) is 49.7 Å². The number of ketones is 1. The first-order valence-corrected chi connectivity index (χ1v) is 8.60. The van der Waals surface area contributed by atoms with Crippen molar-refractivity contribution in [2.75, 3.05) is 6.54 Å². The summed E-state index contributed by atoms with van der Waals surface area (Å²) < 4.78 is 0. The molecule has 3 aliphatic carbocycles. The topological polar surface area (TPSA) is 63.3 Å². The van der Waals surface area contributed by atoms with E-state index < -0.39 is 0 Å². The first-order valence-electron chi connectivity index (χ1n) is 8.60. The molecule has 0 aliphatic heterocycles. The van der Waals surface area contributed by atoms with Gasteiger partial charge < -0.3 is 10.8 Å². The molecule has 0 bridgehead atoms. The Morgan fingerprint density at radius 1 is 1.36 bits per heavy atom. The molecule has 3 N–H and O–H groups in total. The normalized spacial score (nSPS) is 40.0. The lowest BCUT2D eigenvalue weighted by Gasteiger charge is -2.49. The lowest BCUT2D eigenvalue weighted by Crippen LogP contribution is -2.45. The highest BCUT2D eigenvalue weighted by Crippen LogP contribution is 2.61. The number of benzene rings is 1. The molecule has 3 heteroatoms. The number of fused-ring (bicyclic) bond motifs is 5. The summed E-state index contributed by atoms with van der Waals surface area (Å²) in [7, 11) is 0. The minimum atomic E-state index is -0.139. The van der Waals surface area contributed by atoms with Crippen LogP contribution in [0.25, 0.3) is 0 Å². The summed E-state index contributed by atoms with van der Waals surface area (Å²) in [6.45, 7) is 2.83. The van der Waals surface area contributed by atoms with Crippen molar-refractivity contribution in [2.24, 2.45) is 28.9 Å². The molecule has 1 aromatic rings. The second-order valence-electron chi connectivity index (χ2n) is 7.80. The van der Waals surface area contributed by atoms with Gasteiger partial charge in [-0.2, -0.15) is 0 Å². The third-order valence-corrected chi connectivity index (χ3v) is 6.86. The van der Waals surface area contributed by atoms with E-state index in [4.69, 9.17) is 5.73 Å². The lowest BCUT2D eigenvalue weighted by atomic mass is 9.54. The zero-order chi connectivity index (χ0) is 15.5. The van der Waals surface area contributed by atoms with Crippen molar-refractivity contribution in [3.63, 3.8) is 0 Å². The zero-order valence-electron chi connectivity index (χ0n) is 13.2. The lowest BCUT2D eigenvalue weighted by molar-refractivity contribution is -0.129. The second-order valence-corrected chi connectivity index (χ2v) is 7.80. The molecule has 0 aromatic heterocycles. The van der Waals surface area contributed by atoms with Gasteiger partial charge >= 0.3 is 0 Å². The van der Waals surface area contributed by atoms with Crippen LogP contribution in [0.5, 0.6) is 5.75 Å². The van der Waals surface area contributed by atoms with Crippen LogP contribution in [0.2, 0.25) is 0 Å². The average Bonchev–Trinajstić information content (AvgIpc) is 2.78. The summed E-state index contributed by atoms with van der Waals surface area (Å²) in [6, 6.07) is 5.85. The molecule has 1 aromatic carbocycles. The maximum atomic E-state index is 12.6. The maximum Gasteiger partial charge on any atom is 0.139 e. The molecule has 5 atom stereocenters. The third kappa shape index (κ3) is 1.81. The summed E-state index contributed by atoms with van der Waals surface area (Å²) in [5, 5.41) is 9.73. The molecule has 0 heterocycles. The van der Waals surface area contributed by atoms with E-state index >= 15 is 0 Å². The molecule has 0 spiro atoms. The fourth-order valence-corrected chi connectivity index (χ4v) is 5.84. The van der Waals surface area contributed by atoms with Crippen LogP contribution < -0.4 is 5.73 Å². The smallest absolute Gasteiger partial charge is 0.139 e. The number of rotatable bonds is 1. The minimum Gasteiger partial charge on any atom is -0.508 e. The number of phenols is 1. The first-order chi connectivity index (χ1) is 10.5. The Morgan fingerprint density at radius 3 is 2.95 bits per heavy atom. The average molecular weight is 299 g/mol. The molecule has 3 nitrogen and oxygen atoms in total. The van der Waals surface area contributed by atoms with E-state index in [1.807, 2.05) is 12.1 Å². The summed E-state index contributed by atoms with van der Waals surface area (Å²) in [4.78, 5) is 12.6. The van der Waals surface area contributed by atoms with Gasteiger partial charge in [0.05, 0.1) is 0 Å². The number of phenolic OH excluding ortho intramolecular Hbond substituents is 1. The SMILES string of the molecule is C[C@]12CC[C@@H]3c4ccc(O)cc4CC[C@H]3[C@@H]1[C@@H](CN)CC2=O. The molecule has 0 amide bonds. The Hall–Kier alpha value is -1.35. The second kappa shape index (κ2) is 4.82. The molecule has 118 valence electrons. The van der Waals surface area contributed by atoms with Crippen molar-refractivity contribution in [3.8, 4) is 5.75 Å². The first kappa shape index (κ1) is 14.3. The van der Waals surface area contributed by atoms with Gasteiger partial charge in [-0.3, -0.25) is 4.79 Å². The summed E-state index contributed by atoms with van der Waals surface area (Å²) in [6.07, 6.45) is 4.92. The molecule has 0 saturated heterocycles. The number of carbonyl (C=O) groups excluding carboxylic acids is 1. The molecule has 4 rings (SSSR count). The van der Waals surface area contributed by atoms with Crippen molar-refractivity contribution in [2.45, 2.75) is 44.9 Å². The Morgan fingerprint density at radius 2 is 2.18 bits per heavy atom. The van der Waals surface area contributed by atoms with Gasteiger partial charge in [-0.1, -0.05) is 13.0 Å². The number of hydrogen-bond acceptors (Lipinski definition) is 3. The van der Waals surface area contributed by atoms with Crippen LogP contribution >= 0.6 is 0 Å². The summed E-state index contributed by atoms with van der Waals surface area (Å²) in [5.74, 6) is 2.75. The van der Waals surface area contributed by atoms with Gasteiger partial charge in [0, 0.05) is 11.8 Å². The number of Topliss-reactive ketones (excluding diaryl/α,β-unsaturated/α-hetero) is 1. The predicted octanol–water partition coefficient (Wildman–Crippen LogP) is 3.00. The highest BCUT2D eigenvalue weighted by atomic mass is 16.3. The van der Waals surface area contributed by atoms with Gasteiger partial charge in [0.15, 0.2) is 0 Å². The van der Waals surface area contributed by atoms with Crippen molar-refractivity contribution < 1.29 is 9.90 Å². The highest BCUT2D eigenvalue weighted by molar-refractivity contribution is 5.87. The Kier molecular flexibility index (Phi) is 3.12. The van der Waals surface area contributed by atoms with E-state index in [2.05, 4.69) is 13.0 Å². The Labute approximate surface area is 131 Å². The number of nitrogens with two attached hydrogens (primary N) is 1. The van der Waals surface area contributed by atoms with E-state index in [9.17, 15) is 9.90 Å². The van der Waals surface area contributed by atoms with Crippen molar-refractivity contribution >= 4 is 5.78 Å². The Balaban J connectivity index is 1.74. The molecular weight excluding hydrogens is 274 g/mol.